The van der Waals surface area contributed by atoms with Gasteiger partial charge >= 0.3 is 0 Å². The van der Waals surface area contributed by atoms with Crippen molar-refractivity contribution in [2.24, 2.45) is 0 Å². The van der Waals surface area contributed by atoms with Gasteiger partial charge in [0, 0.05) is 31.9 Å². The van der Waals surface area contributed by atoms with Gasteiger partial charge < -0.3 is 5.32 Å². The Morgan fingerprint density at radius 1 is 1.35 bits per heavy atom. The normalized spacial score (nSPS) is 16.4. The fourth-order valence-corrected chi connectivity index (χ4v) is 3.55. The van der Waals surface area contributed by atoms with Crippen LogP contribution >= 0.6 is 11.3 Å². The van der Waals surface area contributed by atoms with Crippen LogP contribution < -0.4 is 5.32 Å². The van der Waals surface area contributed by atoms with Gasteiger partial charge in [0.25, 0.3) is 5.91 Å². The summed E-state index contributed by atoms with van der Waals surface area (Å²) in [5, 5.41) is 4.16. The molecule has 0 aliphatic carbocycles. The number of hydrogen-bond acceptors (Lipinski definition) is 5. The second-order valence-electron chi connectivity index (χ2n) is 5.82. The van der Waals surface area contributed by atoms with Crippen molar-refractivity contribution in [2.45, 2.75) is 38.8 Å². The largest absolute Gasteiger partial charge is 0.348 e. The van der Waals surface area contributed by atoms with Crippen molar-refractivity contribution in [2.75, 3.05) is 13.1 Å². The molecule has 3 rings (SSSR count). The topological polar surface area (TPSA) is 58.1 Å². The van der Waals surface area contributed by atoms with Crippen molar-refractivity contribution in [3.63, 3.8) is 0 Å². The first-order valence-corrected chi connectivity index (χ1v) is 8.94. The van der Waals surface area contributed by atoms with E-state index < -0.39 is 0 Å². The maximum atomic E-state index is 12.3. The van der Waals surface area contributed by atoms with Gasteiger partial charge in [0.15, 0.2) is 0 Å². The van der Waals surface area contributed by atoms with Crippen LogP contribution in [0.25, 0.3) is 0 Å². The van der Waals surface area contributed by atoms with Gasteiger partial charge in [-0.1, -0.05) is 13.0 Å². The van der Waals surface area contributed by atoms with Crippen molar-refractivity contribution in [3.8, 4) is 0 Å². The van der Waals surface area contributed by atoms with Crippen LogP contribution in [0.4, 0.5) is 0 Å². The summed E-state index contributed by atoms with van der Waals surface area (Å²) in [5.74, 6) is 0.0189. The fraction of sp³-hybridized carbons (Fsp3) is 0.471. The van der Waals surface area contributed by atoms with Crippen LogP contribution in [0, 0.1) is 0 Å². The molecule has 23 heavy (non-hydrogen) atoms. The molecule has 0 radical (unpaired) electrons. The lowest BCUT2D eigenvalue weighted by atomic mass is 10.0. The van der Waals surface area contributed by atoms with Crippen molar-refractivity contribution >= 4 is 17.2 Å². The molecule has 0 spiro atoms. The minimum absolute atomic E-state index is 0.0189. The molecule has 0 unspecified atom stereocenters. The molecule has 1 N–H and O–H groups in total. The molecule has 5 nitrogen and oxygen atoms in total. The molecule has 0 saturated carbocycles. The highest BCUT2D eigenvalue weighted by atomic mass is 32.1. The first-order chi connectivity index (χ1) is 11.2. The highest BCUT2D eigenvalue weighted by Gasteiger charge is 2.22. The Labute approximate surface area is 140 Å². The summed E-state index contributed by atoms with van der Waals surface area (Å²) in [6.07, 6.45) is 6.37. The third-order valence-electron chi connectivity index (χ3n) is 4.11. The number of aromatic nitrogens is 2. The van der Waals surface area contributed by atoms with Crippen LogP contribution in [0.1, 0.15) is 40.1 Å². The van der Waals surface area contributed by atoms with Gasteiger partial charge in [-0.05, 0) is 31.4 Å². The summed E-state index contributed by atoms with van der Waals surface area (Å²) < 4.78 is 0. The Morgan fingerprint density at radius 2 is 2.17 bits per heavy atom. The second-order valence-corrected chi connectivity index (χ2v) is 6.93. The summed E-state index contributed by atoms with van der Waals surface area (Å²) in [4.78, 5) is 24.0. The predicted octanol–water partition coefficient (Wildman–Crippen LogP) is 2.49. The van der Waals surface area contributed by atoms with E-state index in [1.807, 2.05) is 18.3 Å². The zero-order valence-electron chi connectivity index (χ0n) is 13.4. The van der Waals surface area contributed by atoms with E-state index in [0.717, 1.165) is 54.5 Å². The summed E-state index contributed by atoms with van der Waals surface area (Å²) >= 11 is 1.49. The van der Waals surface area contributed by atoms with Crippen molar-refractivity contribution in [3.05, 3.63) is 46.2 Å². The Balaban J connectivity index is 1.46. The molecular weight excluding hydrogens is 308 g/mol. The number of nitrogens with one attached hydrogen (secondary N) is 1. The summed E-state index contributed by atoms with van der Waals surface area (Å²) in [5.41, 5.74) is 1.10. The van der Waals surface area contributed by atoms with Gasteiger partial charge in [0.05, 0.1) is 16.9 Å². The van der Waals surface area contributed by atoms with Crippen molar-refractivity contribution in [1.82, 2.24) is 20.2 Å². The minimum Gasteiger partial charge on any atom is -0.348 e. The minimum atomic E-state index is 0.0189. The molecule has 0 aromatic carbocycles. The van der Waals surface area contributed by atoms with E-state index in [-0.39, 0.29) is 11.9 Å². The first-order valence-electron chi connectivity index (χ1n) is 8.12. The van der Waals surface area contributed by atoms with Crippen molar-refractivity contribution < 1.29 is 4.79 Å². The first kappa shape index (κ1) is 16.1. The van der Waals surface area contributed by atoms with Gasteiger partial charge in [-0.3, -0.25) is 14.7 Å². The molecule has 1 saturated heterocycles. The van der Waals surface area contributed by atoms with Crippen LogP contribution in [0.5, 0.6) is 0 Å². The summed E-state index contributed by atoms with van der Waals surface area (Å²) in [6.45, 7) is 4.92. The number of likely N-dealkylation sites (tertiary alicyclic amines) is 1. The molecular formula is C17H22N4OS. The molecule has 1 amide bonds. The molecule has 0 bridgehead atoms. The predicted molar refractivity (Wildman–Crippen MR) is 91.5 cm³/mol. The number of hydrogen-bond donors (Lipinski definition) is 1. The molecule has 122 valence electrons. The molecule has 1 aliphatic heterocycles. The van der Waals surface area contributed by atoms with Crippen LogP contribution in [-0.2, 0) is 13.0 Å². The van der Waals surface area contributed by atoms with Crippen LogP contribution in [0.15, 0.2) is 30.6 Å². The molecule has 2 aromatic heterocycles. The highest BCUT2D eigenvalue weighted by Crippen LogP contribution is 2.16. The van der Waals surface area contributed by atoms with E-state index in [1.54, 1.807) is 6.20 Å². The lowest BCUT2D eigenvalue weighted by Crippen LogP contribution is -2.44. The average Bonchev–Trinajstić information content (AvgIpc) is 3.07. The third-order valence-corrected chi connectivity index (χ3v) is 5.25. The highest BCUT2D eigenvalue weighted by molar-refractivity contribution is 7.13. The molecule has 0 atom stereocenters. The quantitative estimate of drug-likeness (QED) is 0.915. The fourth-order valence-electron chi connectivity index (χ4n) is 2.79. The number of piperidine rings is 1. The van der Waals surface area contributed by atoms with Gasteiger partial charge in [-0.25, -0.2) is 4.98 Å². The number of pyridine rings is 1. The van der Waals surface area contributed by atoms with Crippen LogP contribution in [0.3, 0.4) is 0 Å². The zero-order valence-corrected chi connectivity index (χ0v) is 14.2. The van der Waals surface area contributed by atoms with Gasteiger partial charge in [-0.2, -0.15) is 0 Å². The van der Waals surface area contributed by atoms with Crippen LogP contribution in [-0.4, -0.2) is 39.9 Å². The van der Waals surface area contributed by atoms with Gasteiger partial charge in [0.1, 0.15) is 4.88 Å². The summed E-state index contributed by atoms with van der Waals surface area (Å²) in [6, 6.07) is 6.28. The van der Waals surface area contributed by atoms with E-state index in [4.69, 9.17) is 0 Å². The van der Waals surface area contributed by atoms with Gasteiger partial charge in [-0.15, -0.1) is 11.3 Å². The zero-order chi connectivity index (χ0) is 16.1. The monoisotopic (exact) mass is 330 g/mol. The van der Waals surface area contributed by atoms with E-state index in [2.05, 4.69) is 33.2 Å². The molecule has 2 aromatic rings. The van der Waals surface area contributed by atoms with E-state index in [0.29, 0.717) is 0 Å². The van der Waals surface area contributed by atoms with E-state index >= 15 is 0 Å². The Morgan fingerprint density at radius 3 is 2.83 bits per heavy atom. The number of nitrogens with zero attached hydrogens (tertiary/aromatic N) is 3. The van der Waals surface area contributed by atoms with Crippen LogP contribution in [0.2, 0.25) is 0 Å². The number of rotatable bonds is 5. The Bertz CT molecular complexity index is 635. The van der Waals surface area contributed by atoms with E-state index in [1.165, 1.54) is 11.3 Å². The number of carbonyl (C=O) groups excluding carboxylic acids is 1. The lowest BCUT2D eigenvalue weighted by molar-refractivity contribution is 0.0912. The van der Waals surface area contributed by atoms with Gasteiger partial charge in [0.2, 0.25) is 0 Å². The van der Waals surface area contributed by atoms with E-state index in [9.17, 15) is 4.79 Å². The molecule has 6 heteroatoms. The number of carbonyl (C=O) groups is 1. The maximum Gasteiger partial charge on any atom is 0.263 e. The van der Waals surface area contributed by atoms with Crippen molar-refractivity contribution in [1.29, 1.82) is 0 Å². The molecule has 1 fully saturated rings. The maximum absolute atomic E-state index is 12.3. The molecule has 1 aliphatic rings. The second kappa shape index (κ2) is 7.66. The molecule has 3 heterocycles. The SMILES string of the molecule is CCc1ncc(C(=O)NC2CCN(Cc3ccccn3)CC2)s1. The average molecular weight is 330 g/mol. The third kappa shape index (κ3) is 4.36. The smallest absolute Gasteiger partial charge is 0.263 e. The Kier molecular flexibility index (Phi) is 5.35. The Hall–Kier alpha value is -1.79. The summed E-state index contributed by atoms with van der Waals surface area (Å²) in [7, 11) is 0. The number of thiazole rings is 1. The lowest BCUT2D eigenvalue weighted by Gasteiger charge is -2.32. The standard InChI is InChI=1S/C17H22N4OS/c1-2-16-19-11-15(23-16)17(22)20-13-6-9-21(10-7-13)12-14-5-3-4-8-18-14/h3-5,8,11,13H,2,6-7,9-10,12H2,1H3,(H,20,22). The number of amides is 1. The number of aryl methyl sites for hydroxylation is 1.